The first-order chi connectivity index (χ1) is 8.72. The van der Waals surface area contributed by atoms with Crippen LogP contribution in [0.3, 0.4) is 0 Å². The maximum atomic E-state index is 3.74. The zero-order chi connectivity index (χ0) is 12.2. The molecule has 0 saturated heterocycles. The van der Waals surface area contributed by atoms with Gasteiger partial charge >= 0.3 is 0 Å². The molecule has 4 saturated carbocycles. The SMILES string of the molecule is Brc1ccccc1CC12CC3CC(CC(C3)C1)C2. The number of hydrogen-bond donors (Lipinski definition) is 0. The molecule has 4 fully saturated rings. The molecule has 0 radical (unpaired) electrons. The van der Waals surface area contributed by atoms with Gasteiger partial charge in [-0.2, -0.15) is 0 Å². The molecule has 0 unspecified atom stereocenters. The first-order valence-corrected chi connectivity index (χ1v) is 8.25. The van der Waals surface area contributed by atoms with Gasteiger partial charge < -0.3 is 0 Å². The van der Waals surface area contributed by atoms with Crippen molar-refractivity contribution in [1.29, 1.82) is 0 Å². The predicted molar refractivity (Wildman–Crippen MR) is 78.5 cm³/mol. The number of hydrogen-bond acceptors (Lipinski definition) is 0. The molecule has 1 heteroatoms. The van der Waals surface area contributed by atoms with Gasteiger partial charge in [-0.25, -0.2) is 0 Å². The lowest BCUT2D eigenvalue weighted by Gasteiger charge is -2.57. The summed E-state index contributed by atoms with van der Waals surface area (Å²) >= 11 is 3.74. The molecule has 0 nitrogen and oxygen atoms in total. The maximum absolute atomic E-state index is 3.74. The molecule has 4 bridgehead atoms. The number of benzene rings is 1. The Labute approximate surface area is 118 Å². The van der Waals surface area contributed by atoms with Crippen molar-refractivity contribution in [3.8, 4) is 0 Å². The molecule has 4 aliphatic rings. The van der Waals surface area contributed by atoms with E-state index in [0.717, 1.165) is 17.8 Å². The quantitative estimate of drug-likeness (QED) is 0.704. The van der Waals surface area contributed by atoms with E-state index < -0.39 is 0 Å². The summed E-state index contributed by atoms with van der Waals surface area (Å²) in [5, 5.41) is 0. The molecule has 0 amide bonds. The fourth-order valence-corrected chi connectivity index (χ4v) is 5.98. The smallest absolute Gasteiger partial charge is 0.0207 e. The van der Waals surface area contributed by atoms with Crippen molar-refractivity contribution in [1.82, 2.24) is 0 Å². The second-order valence-electron chi connectivity index (χ2n) is 7.19. The molecule has 0 atom stereocenters. The second-order valence-corrected chi connectivity index (χ2v) is 8.04. The third-order valence-electron chi connectivity index (χ3n) is 5.69. The normalized spacial score (nSPS) is 41.3. The van der Waals surface area contributed by atoms with Crippen LogP contribution in [0.25, 0.3) is 0 Å². The van der Waals surface area contributed by atoms with Gasteiger partial charge in [0.25, 0.3) is 0 Å². The monoisotopic (exact) mass is 304 g/mol. The van der Waals surface area contributed by atoms with E-state index >= 15 is 0 Å². The van der Waals surface area contributed by atoms with Crippen molar-refractivity contribution in [2.24, 2.45) is 23.2 Å². The summed E-state index contributed by atoms with van der Waals surface area (Å²) in [7, 11) is 0. The Morgan fingerprint density at radius 2 is 1.50 bits per heavy atom. The molecule has 0 heterocycles. The molecule has 1 aromatic rings. The standard InChI is InChI=1S/C17H21Br/c18-16-4-2-1-3-15(16)11-17-8-12-5-13(9-17)7-14(6-12)10-17/h1-4,12-14H,5-11H2. The fraction of sp³-hybridized carbons (Fsp3) is 0.647. The minimum absolute atomic E-state index is 0.665. The molecule has 5 rings (SSSR count). The highest BCUT2D eigenvalue weighted by Gasteiger charge is 2.50. The van der Waals surface area contributed by atoms with Gasteiger partial charge in [0.2, 0.25) is 0 Å². The van der Waals surface area contributed by atoms with E-state index in [1.54, 1.807) is 24.8 Å². The van der Waals surface area contributed by atoms with Crippen molar-refractivity contribution >= 4 is 15.9 Å². The van der Waals surface area contributed by atoms with Crippen LogP contribution in [0.15, 0.2) is 28.7 Å². The van der Waals surface area contributed by atoms with Crippen LogP contribution >= 0.6 is 15.9 Å². The topological polar surface area (TPSA) is 0 Å². The lowest BCUT2D eigenvalue weighted by molar-refractivity contribution is -0.0522. The van der Waals surface area contributed by atoms with Crippen LogP contribution < -0.4 is 0 Å². The van der Waals surface area contributed by atoms with E-state index in [-0.39, 0.29) is 0 Å². The molecule has 0 N–H and O–H groups in total. The lowest BCUT2D eigenvalue weighted by atomic mass is 9.48. The molecule has 0 aliphatic heterocycles. The zero-order valence-corrected chi connectivity index (χ0v) is 12.5. The summed E-state index contributed by atoms with van der Waals surface area (Å²) in [5.41, 5.74) is 2.21. The summed E-state index contributed by atoms with van der Waals surface area (Å²) in [6.07, 6.45) is 10.5. The Morgan fingerprint density at radius 1 is 0.944 bits per heavy atom. The van der Waals surface area contributed by atoms with Crippen molar-refractivity contribution < 1.29 is 0 Å². The first kappa shape index (κ1) is 11.5. The Kier molecular flexibility index (Phi) is 2.62. The number of halogens is 1. The van der Waals surface area contributed by atoms with Gasteiger partial charge in [-0.05, 0) is 79.7 Å². The maximum Gasteiger partial charge on any atom is 0.0207 e. The van der Waals surface area contributed by atoms with Crippen LogP contribution in [0.4, 0.5) is 0 Å². The van der Waals surface area contributed by atoms with Gasteiger partial charge in [0.05, 0.1) is 0 Å². The Hall–Kier alpha value is -0.300. The highest BCUT2D eigenvalue weighted by atomic mass is 79.9. The minimum atomic E-state index is 0.665. The first-order valence-electron chi connectivity index (χ1n) is 7.46. The Bertz CT molecular complexity index is 427. The van der Waals surface area contributed by atoms with Crippen LogP contribution in [0.5, 0.6) is 0 Å². The molecule has 4 aliphatic carbocycles. The fourth-order valence-electron chi connectivity index (χ4n) is 5.55. The minimum Gasteiger partial charge on any atom is -0.0619 e. The summed E-state index contributed by atoms with van der Waals surface area (Å²) < 4.78 is 1.32. The van der Waals surface area contributed by atoms with Crippen molar-refractivity contribution in [2.75, 3.05) is 0 Å². The third-order valence-corrected chi connectivity index (χ3v) is 6.46. The van der Waals surface area contributed by atoms with Crippen molar-refractivity contribution in [3.05, 3.63) is 34.3 Å². The largest absolute Gasteiger partial charge is 0.0619 e. The van der Waals surface area contributed by atoms with E-state index in [2.05, 4.69) is 40.2 Å². The van der Waals surface area contributed by atoms with Crippen LogP contribution in [0.2, 0.25) is 0 Å². The second kappa shape index (κ2) is 4.10. The van der Waals surface area contributed by atoms with Gasteiger partial charge in [0.15, 0.2) is 0 Å². The van der Waals surface area contributed by atoms with E-state index in [1.165, 1.54) is 30.2 Å². The number of rotatable bonds is 2. The highest BCUT2D eigenvalue weighted by Crippen LogP contribution is 2.61. The molecule has 96 valence electrons. The van der Waals surface area contributed by atoms with E-state index in [0.29, 0.717) is 5.41 Å². The average molecular weight is 305 g/mol. The summed E-state index contributed by atoms with van der Waals surface area (Å²) in [6.45, 7) is 0. The zero-order valence-electron chi connectivity index (χ0n) is 10.9. The van der Waals surface area contributed by atoms with Crippen molar-refractivity contribution in [3.63, 3.8) is 0 Å². The highest BCUT2D eigenvalue weighted by molar-refractivity contribution is 9.10. The molecule has 0 spiro atoms. The summed E-state index contributed by atoms with van der Waals surface area (Å²) in [6, 6.07) is 8.85. The molecule has 1 aromatic carbocycles. The lowest BCUT2D eigenvalue weighted by Crippen LogP contribution is -2.47. The van der Waals surface area contributed by atoms with Gasteiger partial charge in [0.1, 0.15) is 0 Å². The van der Waals surface area contributed by atoms with Crippen LogP contribution in [-0.4, -0.2) is 0 Å². The van der Waals surface area contributed by atoms with Crippen molar-refractivity contribution in [2.45, 2.75) is 44.9 Å². The van der Waals surface area contributed by atoms with E-state index in [1.807, 2.05) is 0 Å². The van der Waals surface area contributed by atoms with Gasteiger partial charge in [-0.3, -0.25) is 0 Å². The molecule has 18 heavy (non-hydrogen) atoms. The van der Waals surface area contributed by atoms with Gasteiger partial charge in [0, 0.05) is 4.47 Å². The third kappa shape index (κ3) is 1.86. The summed E-state index contributed by atoms with van der Waals surface area (Å²) in [5.74, 6) is 3.20. The summed E-state index contributed by atoms with van der Waals surface area (Å²) in [4.78, 5) is 0. The van der Waals surface area contributed by atoms with Gasteiger partial charge in [-0.15, -0.1) is 0 Å². The molecular weight excluding hydrogens is 284 g/mol. The average Bonchev–Trinajstić information content (AvgIpc) is 2.30. The van der Waals surface area contributed by atoms with Crippen LogP contribution in [0, 0.1) is 23.2 Å². The van der Waals surface area contributed by atoms with Gasteiger partial charge in [-0.1, -0.05) is 34.1 Å². The molecule has 0 aromatic heterocycles. The van der Waals surface area contributed by atoms with E-state index in [4.69, 9.17) is 0 Å². The van der Waals surface area contributed by atoms with Crippen LogP contribution in [0.1, 0.15) is 44.1 Å². The van der Waals surface area contributed by atoms with E-state index in [9.17, 15) is 0 Å². The Morgan fingerprint density at radius 3 is 2.06 bits per heavy atom. The predicted octanol–water partition coefficient (Wildman–Crippen LogP) is 5.21. The van der Waals surface area contributed by atoms with Crippen LogP contribution in [-0.2, 0) is 6.42 Å². The molecular formula is C17H21Br. The Balaban J connectivity index is 1.63.